The monoisotopic (exact) mass is 269 g/mol. The Morgan fingerprint density at radius 1 is 1.41 bits per heavy atom. The fraction of sp³-hybridized carbons (Fsp3) is 0.583. The topological polar surface area (TPSA) is 53.0 Å². The van der Waals surface area contributed by atoms with E-state index < -0.39 is 0 Å². The molecule has 0 unspecified atom stereocenters. The van der Waals surface area contributed by atoms with Crippen LogP contribution in [0, 0.1) is 11.3 Å². The van der Waals surface area contributed by atoms with Crippen molar-refractivity contribution in [2.24, 2.45) is 5.73 Å². The molecule has 5 heteroatoms. The van der Waals surface area contributed by atoms with Gasteiger partial charge in [0, 0.05) is 24.0 Å². The molecular weight excluding hydrogens is 254 g/mol. The third kappa shape index (κ3) is 2.03. The lowest BCUT2D eigenvalue weighted by Crippen LogP contribution is -2.26. The summed E-state index contributed by atoms with van der Waals surface area (Å²) in [7, 11) is 0. The van der Waals surface area contributed by atoms with E-state index in [2.05, 4.69) is 11.0 Å². The maximum absolute atomic E-state index is 9.30. The standard InChI is InChI=1S/C12H15N3S.ClH/c13-6-10-9-2-1-3-11(9)16-12(10)15-5-4-8(14)7-15;/h8H,1-5,7,14H2;1H/t8-;/m0./s1. The molecule has 0 spiro atoms. The van der Waals surface area contributed by atoms with Crippen molar-refractivity contribution in [2.45, 2.75) is 31.7 Å². The largest absolute Gasteiger partial charge is 0.361 e. The number of thiophene rings is 1. The molecule has 1 fully saturated rings. The molecule has 0 bridgehead atoms. The van der Waals surface area contributed by atoms with Crippen LogP contribution in [0.4, 0.5) is 5.00 Å². The summed E-state index contributed by atoms with van der Waals surface area (Å²) < 4.78 is 0. The second-order valence-electron chi connectivity index (χ2n) is 4.64. The highest BCUT2D eigenvalue weighted by Crippen LogP contribution is 2.41. The van der Waals surface area contributed by atoms with Crippen molar-refractivity contribution in [1.82, 2.24) is 0 Å². The van der Waals surface area contributed by atoms with Crippen LogP contribution in [0.1, 0.15) is 28.8 Å². The molecular formula is C12H16ClN3S. The van der Waals surface area contributed by atoms with Gasteiger partial charge in [-0.05, 0) is 31.2 Å². The molecule has 1 aromatic heterocycles. The zero-order valence-electron chi connectivity index (χ0n) is 9.61. The number of anilines is 1. The lowest BCUT2D eigenvalue weighted by Gasteiger charge is -2.16. The quantitative estimate of drug-likeness (QED) is 0.849. The molecule has 0 saturated carbocycles. The highest BCUT2D eigenvalue weighted by Gasteiger charge is 2.28. The van der Waals surface area contributed by atoms with Gasteiger partial charge in [0.25, 0.3) is 0 Å². The van der Waals surface area contributed by atoms with Gasteiger partial charge >= 0.3 is 0 Å². The normalized spacial score (nSPS) is 22.1. The van der Waals surface area contributed by atoms with E-state index in [9.17, 15) is 5.26 Å². The molecule has 2 N–H and O–H groups in total. The van der Waals surface area contributed by atoms with Gasteiger partial charge in [0.05, 0.1) is 5.56 Å². The van der Waals surface area contributed by atoms with Crippen molar-refractivity contribution in [3.63, 3.8) is 0 Å². The minimum Gasteiger partial charge on any atom is -0.361 e. The smallest absolute Gasteiger partial charge is 0.110 e. The molecule has 92 valence electrons. The molecule has 1 aliphatic heterocycles. The Kier molecular flexibility index (Phi) is 3.62. The van der Waals surface area contributed by atoms with Crippen molar-refractivity contribution < 1.29 is 0 Å². The number of aryl methyl sites for hydroxylation is 1. The van der Waals surface area contributed by atoms with Crippen molar-refractivity contribution in [3.8, 4) is 6.07 Å². The number of nitrogens with zero attached hydrogens (tertiary/aromatic N) is 2. The number of nitriles is 1. The van der Waals surface area contributed by atoms with E-state index in [1.54, 1.807) is 0 Å². The third-order valence-electron chi connectivity index (χ3n) is 3.53. The van der Waals surface area contributed by atoms with Crippen molar-refractivity contribution >= 4 is 28.7 Å². The number of nitrogens with two attached hydrogens (primary N) is 1. The molecule has 2 aliphatic rings. The number of rotatable bonds is 1. The first-order valence-corrected chi connectivity index (χ1v) is 6.66. The number of hydrogen-bond donors (Lipinski definition) is 1. The minimum atomic E-state index is 0. The summed E-state index contributed by atoms with van der Waals surface area (Å²) in [5.41, 5.74) is 8.18. The fourth-order valence-corrected chi connectivity index (χ4v) is 4.07. The number of hydrogen-bond acceptors (Lipinski definition) is 4. The molecule has 17 heavy (non-hydrogen) atoms. The number of fused-ring (bicyclic) bond motifs is 1. The van der Waals surface area contributed by atoms with E-state index in [1.807, 2.05) is 11.3 Å². The maximum Gasteiger partial charge on any atom is 0.110 e. The Labute approximate surface area is 112 Å². The van der Waals surface area contributed by atoms with Crippen molar-refractivity contribution in [1.29, 1.82) is 5.26 Å². The lowest BCUT2D eigenvalue weighted by molar-refractivity contribution is 0.752. The minimum absolute atomic E-state index is 0. The van der Waals surface area contributed by atoms with Gasteiger partial charge in [-0.25, -0.2) is 0 Å². The van der Waals surface area contributed by atoms with E-state index in [0.29, 0.717) is 0 Å². The molecule has 1 atom stereocenters. The fourth-order valence-electron chi connectivity index (χ4n) is 2.70. The second kappa shape index (κ2) is 4.85. The number of halogens is 1. The Morgan fingerprint density at radius 2 is 2.24 bits per heavy atom. The third-order valence-corrected chi connectivity index (χ3v) is 4.88. The van der Waals surface area contributed by atoms with E-state index in [-0.39, 0.29) is 18.4 Å². The van der Waals surface area contributed by atoms with Gasteiger partial charge in [0.1, 0.15) is 11.1 Å². The van der Waals surface area contributed by atoms with Gasteiger partial charge in [-0.2, -0.15) is 5.26 Å². The summed E-state index contributed by atoms with van der Waals surface area (Å²) >= 11 is 1.82. The molecule has 0 amide bonds. The summed E-state index contributed by atoms with van der Waals surface area (Å²) in [4.78, 5) is 3.73. The second-order valence-corrected chi connectivity index (χ2v) is 5.73. The van der Waals surface area contributed by atoms with Crippen molar-refractivity contribution in [3.05, 3.63) is 16.0 Å². The molecule has 0 aromatic carbocycles. The summed E-state index contributed by atoms with van der Waals surface area (Å²) in [6, 6.07) is 2.68. The Balaban J connectivity index is 0.00000108. The highest BCUT2D eigenvalue weighted by atomic mass is 35.5. The Morgan fingerprint density at radius 3 is 2.88 bits per heavy atom. The van der Waals surface area contributed by atoms with E-state index in [0.717, 1.165) is 37.9 Å². The van der Waals surface area contributed by atoms with Crippen LogP contribution in [0.5, 0.6) is 0 Å². The Bertz CT molecular complexity index is 463. The van der Waals surface area contributed by atoms with Crippen LogP contribution < -0.4 is 10.6 Å². The van der Waals surface area contributed by atoms with E-state index >= 15 is 0 Å². The van der Waals surface area contributed by atoms with E-state index in [4.69, 9.17) is 5.73 Å². The van der Waals surface area contributed by atoms with Crippen LogP contribution in [-0.4, -0.2) is 19.1 Å². The zero-order chi connectivity index (χ0) is 11.1. The first-order chi connectivity index (χ1) is 7.79. The lowest BCUT2D eigenvalue weighted by atomic mass is 10.1. The molecule has 3 nitrogen and oxygen atoms in total. The predicted octanol–water partition coefficient (Wildman–Crippen LogP) is 2.07. The van der Waals surface area contributed by atoms with E-state index in [1.165, 1.54) is 21.9 Å². The highest BCUT2D eigenvalue weighted by molar-refractivity contribution is 7.16. The first-order valence-electron chi connectivity index (χ1n) is 5.84. The molecule has 1 saturated heterocycles. The zero-order valence-corrected chi connectivity index (χ0v) is 11.2. The SMILES string of the molecule is Cl.N#Cc1c(N2CC[C@H](N)C2)sc2c1CCC2. The van der Waals surface area contributed by atoms with Crippen LogP contribution >= 0.6 is 23.7 Å². The van der Waals surface area contributed by atoms with Gasteiger partial charge in [0.15, 0.2) is 0 Å². The van der Waals surface area contributed by atoms with Crippen LogP contribution in [0.2, 0.25) is 0 Å². The summed E-state index contributed by atoms with van der Waals surface area (Å²) in [6.45, 7) is 1.92. The predicted molar refractivity (Wildman–Crippen MR) is 73.1 cm³/mol. The average Bonchev–Trinajstić information content (AvgIpc) is 2.90. The van der Waals surface area contributed by atoms with Crippen LogP contribution in [-0.2, 0) is 12.8 Å². The summed E-state index contributed by atoms with van der Waals surface area (Å²) in [5, 5.41) is 10.5. The van der Waals surface area contributed by atoms with Gasteiger partial charge in [-0.3, -0.25) is 0 Å². The molecule has 1 aromatic rings. The van der Waals surface area contributed by atoms with Crippen LogP contribution in [0.3, 0.4) is 0 Å². The van der Waals surface area contributed by atoms with Crippen LogP contribution in [0.15, 0.2) is 0 Å². The molecule has 0 radical (unpaired) electrons. The van der Waals surface area contributed by atoms with Gasteiger partial charge in [-0.15, -0.1) is 23.7 Å². The summed E-state index contributed by atoms with van der Waals surface area (Å²) in [6.07, 6.45) is 4.52. The van der Waals surface area contributed by atoms with Crippen LogP contribution in [0.25, 0.3) is 0 Å². The van der Waals surface area contributed by atoms with Crippen molar-refractivity contribution in [2.75, 3.05) is 18.0 Å². The molecule has 2 heterocycles. The van der Waals surface area contributed by atoms with Gasteiger partial charge < -0.3 is 10.6 Å². The molecule has 1 aliphatic carbocycles. The maximum atomic E-state index is 9.30. The molecule has 3 rings (SSSR count). The Hall–Kier alpha value is -0.760. The first kappa shape index (κ1) is 12.7. The average molecular weight is 270 g/mol. The van der Waals surface area contributed by atoms with Gasteiger partial charge in [0.2, 0.25) is 0 Å². The summed E-state index contributed by atoms with van der Waals surface area (Å²) in [5.74, 6) is 0. The van der Waals surface area contributed by atoms with Gasteiger partial charge in [-0.1, -0.05) is 0 Å².